The molecule has 3 unspecified atom stereocenters. The SMILES string of the molecule is NC(=O)CCC(NC(=O)C(N)Cc1cnc[nH]1)C(=O)NC(CC(N)=O)C(=O)O. The van der Waals surface area contributed by atoms with Gasteiger partial charge >= 0.3 is 5.97 Å². The number of nitrogens with two attached hydrogens (primary N) is 3. The van der Waals surface area contributed by atoms with Gasteiger partial charge in [-0.25, -0.2) is 9.78 Å². The number of hydrogen-bond donors (Lipinski definition) is 7. The lowest BCUT2D eigenvalue weighted by atomic mass is 10.1. The van der Waals surface area contributed by atoms with Crippen molar-refractivity contribution in [1.82, 2.24) is 20.6 Å². The number of nitrogens with zero attached hydrogens (tertiary/aromatic N) is 1. The maximum absolute atomic E-state index is 12.4. The molecule has 0 aliphatic heterocycles. The summed E-state index contributed by atoms with van der Waals surface area (Å²) in [6, 6.07) is -3.91. The van der Waals surface area contributed by atoms with Gasteiger partial charge in [0.05, 0.1) is 18.8 Å². The van der Waals surface area contributed by atoms with Crippen LogP contribution in [0.5, 0.6) is 0 Å². The molecule has 3 atom stereocenters. The number of imidazole rings is 1. The van der Waals surface area contributed by atoms with Gasteiger partial charge in [-0.05, 0) is 6.42 Å². The average molecular weight is 397 g/mol. The topological polar surface area (TPSA) is 236 Å². The molecule has 4 amide bonds. The molecule has 10 N–H and O–H groups in total. The van der Waals surface area contributed by atoms with Crippen molar-refractivity contribution in [3.05, 3.63) is 18.2 Å². The summed E-state index contributed by atoms with van der Waals surface area (Å²) in [5.41, 5.74) is 16.4. The van der Waals surface area contributed by atoms with E-state index in [1.54, 1.807) is 0 Å². The zero-order valence-corrected chi connectivity index (χ0v) is 14.9. The molecule has 0 aromatic carbocycles. The van der Waals surface area contributed by atoms with Crippen LogP contribution in [0.2, 0.25) is 0 Å². The van der Waals surface area contributed by atoms with Crippen molar-refractivity contribution in [3.63, 3.8) is 0 Å². The molecule has 0 saturated heterocycles. The van der Waals surface area contributed by atoms with Crippen LogP contribution in [-0.4, -0.2) is 62.8 Å². The van der Waals surface area contributed by atoms with Crippen LogP contribution in [0.1, 0.15) is 25.0 Å². The van der Waals surface area contributed by atoms with Crippen LogP contribution >= 0.6 is 0 Å². The highest BCUT2D eigenvalue weighted by Crippen LogP contribution is 2.03. The Kier molecular flexibility index (Phi) is 8.55. The van der Waals surface area contributed by atoms with E-state index in [1.165, 1.54) is 12.5 Å². The van der Waals surface area contributed by atoms with Gasteiger partial charge in [0.25, 0.3) is 0 Å². The first-order valence-electron chi connectivity index (χ1n) is 8.23. The Balaban J connectivity index is 2.80. The van der Waals surface area contributed by atoms with E-state index in [0.717, 1.165) is 0 Å². The largest absolute Gasteiger partial charge is 0.480 e. The van der Waals surface area contributed by atoms with E-state index in [0.29, 0.717) is 5.69 Å². The lowest BCUT2D eigenvalue weighted by molar-refractivity contribution is -0.143. The number of carbonyl (C=O) groups excluding carboxylic acids is 4. The average Bonchev–Trinajstić information content (AvgIpc) is 3.09. The molecular formula is C15H23N7O6. The molecule has 0 fully saturated rings. The number of carbonyl (C=O) groups is 5. The van der Waals surface area contributed by atoms with E-state index in [-0.39, 0.29) is 19.3 Å². The molecule has 1 heterocycles. The van der Waals surface area contributed by atoms with Crippen LogP contribution in [0.3, 0.4) is 0 Å². The zero-order chi connectivity index (χ0) is 21.3. The molecule has 0 aliphatic rings. The van der Waals surface area contributed by atoms with Crippen molar-refractivity contribution in [1.29, 1.82) is 0 Å². The summed E-state index contributed by atoms with van der Waals surface area (Å²) < 4.78 is 0. The number of nitrogens with one attached hydrogen (secondary N) is 3. The van der Waals surface area contributed by atoms with Gasteiger partial charge in [-0.3, -0.25) is 19.2 Å². The summed E-state index contributed by atoms with van der Waals surface area (Å²) in [7, 11) is 0. The van der Waals surface area contributed by atoms with Gasteiger partial charge in [-0.2, -0.15) is 0 Å². The lowest BCUT2D eigenvalue weighted by Crippen LogP contribution is -2.55. The van der Waals surface area contributed by atoms with E-state index in [1.807, 2.05) is 0 Å². The predicted octanol–water partition coefficient (Wildman–Crippen LogP) is -3.53. The first kappa shape index (κ1) is 22.6. The number of aromatic amines is 1. The molecule has 154 valence electrons. The highest BCUT2D eigenvalue weighted by molar-refractivity contribution is 5.93. The van der Waals surface area contributed by atoms with Gasteiger partial charge in [0.2, 0.25) is 23.6 Å². The molecule has 1 aromatic rings. The molecule has 13 heteroatoms. The van der Waals surface area contributed by atoms with E-state index < -0.39 is 54.1 Å². The van der Waals surface area contributed by atoms with Gasteiger partial charge in [0.1, 0.15) is 12.1 Å². The molecule has 1 rings (SSSR count). The fourth-order valence-electron chi connectivity index (χ4n) is 2.23. The van der Waals surface area contributed by atoms with E-state index in [4.69, 9.17) is 22.3 Å². The second-order valence-electron chi connectivity index (χ2n) is 6.02. The fourth-order valence-corrected chi connectivity index (χ4v) is 2.23. The van der Waals surface area contributed by atoms with Gasteiger partial charge < -0.3 is 37.9 Å². The van der Waals surface area contributed by atoms with Crippen LogP contribution in [0.25, 0.3) is 0 Å². The smallest absolute Gasteiger partial charge is 0.326 e. The third kappa shape index (κ3) is 7.82. The molecule has 0 bridgehead atoms. The molecule has 1 aromatic heterocycles. The summed E-state index contributed by atoms with van der Waals surface area (Å²) in [6.07, 6.45) is 1.92. The number of aromatic nitrogens is 2. The van der Waals surface area contributed by atoms with Crippen molar-refractivity contribution in [3.8, 4) is 0 Å². The Labute approximate surface area is 159 Å². The maximum Gasteiger partial charge on any atom is 0.326 e. The Morgan fingerprint density at radius 3 is 2.21 bits per heavy atom. The van der Waals surface area contributed by atoms with Crippen molar-refractivity contribution in [2.24, 2.45) is 17.2 Å². The van der Waals surface area contributed by atoms with Crippen LogP contribution in [0.15, 0.2) is 12.5 Å². The number of carboxylic acid groups (broad SMARTS) is 1. The number of primary amides is 2. The standard InChI is InChI=1S/C15H23N7O6/c16-8(3-7-5-19-6-20-7)13(25)21-9(1-2-11(17)23)14(26)22-10(15(27)28)4-12(18)24/h5-6,8-10H,1-4,16H2,(H2,17,23)(H2,18,24)(H,19,20)(H,21,25)(H,22,26)(H,27,28). The minimum absolute atomic E-state index is 0.107. The van der Waals surface area contributed by atoms with Gasteiger partial charge in [0, 0.05) is 24.7 Å². The predicted molar refractivity (Wildman–Crippen MR) is 94.0 cm³/mol. The molecule has 0 aliphatic carbocycles. The van der Waals surface area contributed by atoms with E-state index >= 15 is 0 Å². The maximum atomic E-state index is 12.4. The van der Waals surface area contributed by atoms with Crippen LogP contribution in [0.4, 0.5) is 0 Å². The third-order valence-electron chi connectivity index (χ3n) is 3.66. The number of carboxylic acids is 1. The minimum Gasteiger partial charge on any atom is -0.480 e. The molecule has 0 spiro atoms. The highest BCUT2D eigenvalue weighted by Gasteiger charge is 2.29. The Bertz CT molecular complexity index is 720. The minimum atomic E-state index is -1.59. The lowest BCUT2D eigenvalue weighted by Gasteiger charge is -2.22. The van der Waals surface area contributed by atoms with Crippen LogP contribution < -0.4 is 27.8 Å². The van der Waals surface area contributed by atoms with Crippen molar-refractivity contribution < 1.29 is 29.1 Å². The monoisotopic (exact) mass is 397 g/mol. The Hall–Kier alpha value is -3.48. The first-order chi connectivity index (χ1) is 13.1. The summed E-state index contributed by atoms with van der Waals surface area (Å²) in [4.78, 5) is 64.3. The second kappa shape index (κ2) is 10.6. The number of rotatable bonds is 12. The quantitative estimate of drug-likeness (QED) is 0.186. The number of hydrogen-bond acceptors (Lipinski definition) is 7. The van der Waals surface area contributed by atoms with Gasteiger partial charge in [-0.15, -0.1) is 0 Å². The first-order valence-corrected chi connectivity index (χ1v) is 8.23. The molecular weight excluding hydrogens is 374 g/mol. The van der Waals surface area contributed by atoms with Crippen molar-refractivity contribution in [2.45, 2.75) is 43.8 Å². The summed E-state index contributed by atoms with van der Waals surface area (Å²) >= 11 is 0. The van der Waals surface area contributed by atoms with Crippen molar-refractivity contribution in [2.75, 3.05) is 0 Å². The highest BCUT2D eigenvalue weighted by atomic mass is 16.4. The number of amides is 4. The van der Waals surface area contributed by atoms with E-state index in [2.05, 4.69) is 20.6 Å². The summed E-state index contributed by atoms with van der Waals surface area (Å²) in [5, 5.41) is 13.5. The Morgan fingerprint density at radius 1 is 1.07 bits per heavy atom. The second-order valence-corrected chi connectivity index (χ2v) is 6.02. The molecule has 0 radical (unpaired) electrons. The molecule has 13 nitrogen and oxygen atoms in total. The Morgan fingerprint density at radius 2 is 1.71 bits per heavy atom. The molecule has 28 heavy (non-hydrogen) atoms. The summed E-state index contributed by atoms with van der Waals surface area (Å²) in [5.74, 6) is -4.77. The van der Waals surface area contributed by atoms with E-state index in [9.17, 15) is 24.0 Å². The van der Waals surface area contributed by atoms with Crippen LogP contribution in [-0.2, 0) is 30.4 Å². The van der Waals surface area contributed by atoms with Crippen molar-refractivity contribution >= 4 is 29.6 Å². The number of H-pyrrole nitrogens is 1. The fraction of sp³-hybridized carbons (Fsp3) is 0.467. The summed E-state index contributed by atoms with van der Waals surface area (Å²) in [6.45, 7) is 0. The number of aliphatic carboxylic acids is 1. The third-order valence-corrected chi connectivity index (χ3v) is 3.66. The molecule has 0 saturated carbocycles. The normalized spacial score (nSPS) is 13.8. The van der Waals surface area contributed by atoms with Crippen LogP contribution in [0, 0.1) is 0 Å². The zero-order valence-electron chi connectivity index (χ0n) is 14.9. The van der Waals surface area contributed by atoms with Gasteiger partial charge in [0.15, 0.2) is 0 Å². The van der Waals surface area contributed by atoms with Gasteiger partial charge in [-0.1, -0.05) is 0 Å².